The highest BCUT2D eigenvalue weighted by atomic mass is 16.5. The first-order valence-corrected chi connectivity index (χ1v) is 14.0. The van der Waals surface area contributed by atoms with E-state index in [4.69, 9.17) is 4.74 Å². The number of hydrogen-bond acceptors (Lipinski definition) is 4. The normalized spacial score (nSPS) is 43.3. The molecule has 1 aromatic rings. The van der Waals surface area contributed by atoms with E-state index in [0.29, 0.717) is 23.4 Å². The Balaban J connectivity index is 1.33. The van der Waals surface area contributed by atoms with E-state index >= 15 is 0 Å². The summed E-state index contributed by atoms with van der Waals surface area (Å²) >= 11 is 0. The summed E-state index contributed by atoms with van der Waals surface area (Å²) in [5.74, 6) is 4.58. The van der Waals surface area contributed by atoms with E-state index < -0.39 is 0 Å². The SMILES string of the molecule is CCC[C@@]1(O)CC[C@H]2[C@H](CC[C@@H]3[C@@H]2CC[C@@]2(C)[C@H]3CC[C@@H]2[C@](C)(Cn2cc(C#N)cn2)OC)C1. The van der Waals surface area contributed by atoms with E-state index in [9.17, 15) is 10.4 Å². The van der Waals surface area contributed by atoms with Crippen LogP contribution in [0.15, 0.2) is 12.4 Å². The maximum Gasteiger partial charge on any atom is 0.102 e. The number of hydrogen-bond donors (Lipinski definition) is 1. The summed E-state index contributed by atoms with van der Waals surface area (Å²) in [4.78, 5) is 0. The van der Waals surface area contributed by atoms with Crippen molar-refractivity contribution in [3.8, 4) is 6.07 Å². The standard InChI is InChI=1S/C29H45N3O2/c1-5-12-29(33)14-11-22-21(15-29)6-7-24-23(22)10-13-27(2)25(24)8-9-26(27)28(3,34-4)19-32-18-20(16-30)17-31-32/h17-18,21-26,33H,5-15,19H2,1-4H3/t21-,22+,23-,24-,25+,26+,27+,28+,29-/m1/s1. The molecule has 0 aliphatic heterocycles. The molecule has 1 N–H and O–H groups in total. The van der Waals surface area contributed by atoms with Gasteiger partial charge in [-0.1, -0.05) is 20.3 Å². The zero-order valence-corrected chi connectivity index (χ0v) is 21.8. The summed E-state index contributed by atoms with van der Waals surface area (Å²) in [5, 5.41) is 24.8. The quantitative estimate of drug-likeness (QED) is 0.560. The van der Waals surface area contributed by atoms with Crippen LogP contribution in [-0.4, -0.2) is 33.2 Å². The minimum absolute atomic E-state index is 0.284. The van der Waals surface area contributed by atoms with Crippen molar-refractivity contribution < 1.29 is 9.84 Å². The van der Waals surface area contributed by atoms with Crippen LogP contribution < -0.4 is 0 Å². The van der Waals surface area contributed by atoms with E-state index in [0.717, 1.165) is 55.3 Å². The second-order valence-electron chi connectivity index (χ2n) is 12.9. The average molecular weight is 468 g/mol. The fourth-order valence-electron chi connectivity index (χ4n) is 9.80. The van der Waals surface area contributed by atoms with Crippen LogP contribution in [0.4, 0.5) is 0 Å². The number of nitrogens with zero attached hydrogens (tertiary/aromatic N) is 3. The topological polar surface area (TPSA) is 71.1 Å². The predicted octanol–water partition coefficient (Wildman–Crippen LogP) is 5.96. The van der Waals surface area contributed by atoms with Gasteiger partial charge in [-0.05, 0) is 112 Å². The third-order valence-electron chi connectivity index (χ3n) is 11.3. The van der Waals surface area contributed by atoms with Crippen molar-refractivity contribution in [1.29, 1.82) is 5.26 Å². The summed E-state index contributed by atoms with van der Waals surface area (Å²) in [6, 6.07) is 2.20. The molecule has 0 bridgehead atoms. The van der Waals surface area contributed by atoms with Crippen molar-refractivity contribution >= 4 is 0 Å². The van der Waals surface area contributed by atoms with Crippen LogP contribution in [0.2, 0.25) is 0 Å². The first-order valence-electron chi connectivity index (χ1n) is 14.0. The fourth-order valence-corrected chi connectivity index (χ4v) is 9.80. The molecule has 0 aromatic carbocycles. The van der Waals surface area contributed by atoms with Crippen molar-refractivity contribution in [2.24, 2.45) is 40.9 Å². The summed E-state index contributed by atoms with van der Waals surface area (Å²) in [7, 11) is 1.86. The van der Waals surface area contributed by atoms with Crippen molar-refractivity contribution in [3.05, 3.63) is 18.0 Å². The van der Waals surface area contributed by atoms with E-state index in [1.165, 1.54) is 44.9 Å². The molecule has 4 fully saturated rings. The van der Waals surface area contributed by atoms with Gasteiger partial charge in [0.25, 0.3) is 0 Å². The second-order valence-corrected chi connectivity index (χ2v) is 12.9. The van der Waals surface area contributed by atoms with Crippen LogP contribution in [0.3, 0.4) is 0 Å². The number of aromatic nitrogens is 2. The van der Waals surface area contributed by atoms with Gasteiger partial charge in [-0.15, -0.1) is 0 Å². The number of ether oxygens (including phenoxy) is 1. The van der Waals surface area contributed by atoms with Crippen LogP contribution in [-0.2, 0) is 11.3 Å². The Hall–Kier alpha value is -1.38. The van der Waals surface area contributed by atoms with E-state index in [2.05, 4.69) is 31.9 Å². The van der Waals surface area contributed by atoms with Gasteiger partial charge in [0.1, 0.15) is 6.07 Å². The first-order chi connectivity index (χ1) is 16.2. The van der Waals surface area contributed by atoms with Crippen LogP contribution in [0.5, 0.6) is 0 Å². The molecule has 4 aliphatic rings. The number of rotatable bonds is 6. The maximum atomic E-state index is 11.1. The lowest BCUT2D eigenvalue weighted by Gasteiger charge is -2.58. The van der Waals surface area contributed by atoms with Gasteiger partial charge < -0.3 is 9.84 Å². The molecule has 0 saturated heterocycles. The maximum absolute atomic E-state index is 11.1. The molecule has 1 aromatic heterocycles. The molecule has 34 heavy (non-hydrogen) atoms. The molecule has 0 unspecified atom stereocenters. The molecule has 0 radical (unpaired) electrons. The second kappa shape index (κ2) is 8.93. The Kier molecular flexibility index (Phi) is 6.39. The van der Waals surface area contributed by atoms with E-state index in [1.807, 2.05) is 18.0 Å². The molecule has 9 atom stereocenters. The molecule has 0 spiro atoms. The largest absolute Gasteiger partial charge is 0.390 e. The highest BCUT2D eigenvalue weighted by molar-refractivity contribution is 5.22. The fraction of sp³-hybridized carbons (Fsp3) is 0.862. The highest BCUT2D eigenvalue weighted by Gasteiger charge is 2.61. The molecule has 5 nitrogen and oxygen atoms in total. The number of fused-ring (bicyclic) bond motifs is 5. The van der Waals surface area contributed by atoms with Crippen LogP contribution in [0.25, 0.3) is 0 Å². The first kappa shape index (κ1) is 24.3. The summed E-state index contributed by atoms with van der Waals surface area (Å²) in [6.07, 6.45) is 16.8. The van der Waals surface area contributed by atoms with Crippen molar-refractivity contribution in [3.63, 3.8) is 0 Å². The Morgan fingerprint density at radius 2 is 1.97 bits per heavy atom. The van der Waals surface area contributed by atoms with Gasteiger partial charge in [0, 0.05) is 13.3 Å². The smallest absolute Gasteiger partial charge is 0.102 e. The van der Waals surface area contributed by atoms with Gasteiger partial charge in [-0.25, -0.2) is 0 Å². The number of aliphatic hydroxyl groups is 1. The van der Waals surface area contributed by atoms with Crippen LogP contribution in [0.1, 0.15) is 97.0 Å². The third kappa shape index (κ3) is 3.94. The molecule has 4 aliphatic carbocycles. The molecular weight excluding hydrogens is 422 g/mol. The summed E-state index contributed by atoms with van der Waals surface area (Å²) < 4.78 is 8.19. The lowest BCUT2D eigenvalue weighted by Crippen LogP contribution is -2.54. The molecule has 5 rings (SSSR count). The average Bonchev–Trinajstić information content (AvgIpc) is 3.42. The molecule has 0 amide bonds. The minimum atomic E-state index is -0.386. The van der Waals surface area contributed by atoms with Crippen molar-refractivity contribution in [2.75, 3.05) is 7.11 Å². The Morgan fingerprint density at radius 3 is 2.68 bits per heavy atom. The Morgan fingerprint density at radius 1 is 1.18 bits per heavy atom. The molecule has 4 saturated carbocycles. The minimum Gasteiger partial charge on any atom is -0.390 e. The Bertz CT molecular complexity index is 923. The zero-order chi connectivity index (χ0) is 24.1. The lowest BCUT2D eigenvalue weighted by molar-refractivity contribution is -0.139. The van der Waals surface area contributed by atoms with Gasteiger partial charge in [0.15, 0.2) is 0 Å². The zero-order valence-electron chi connectivity index (χ0n) is 21.8. The number of nitriles is 1. The summed E-state index contributed by atoms with van der Waals surface area (Å²) in [6.45, 7) is 7.76. The lowest BCUT2D eigenvalue weighted by atomic mass is 9.48. The van der Waals surface area contributed by atoms with Gasteiger partial charge in [0.2, 0.25) is 0 Å². The van der Waals surface area contributed by atoms with Crippen LogP contribution >= 0.6 is 0 Å². The van der Waals surface area contributed by atoms with Gasteiger partial charge in [0.05, 0.1) is 29.5 Å². The van der Waals surface area contributed by atoms with E-state index in [-0.39, 0.29) is 11.2 Å². The van der Waals surface area contributed by atoms with Gasteiger partial charge >= 0.3 is 0 Å². The molecule has 5 heteroatoms. The van der Waals surface area contributed by atoms with Gasteiger partial charge in [-0.2, -0.15) is 10.4 Å². The Labute approximate surface area is 206 Å². The third-order valence-corrected chi connectivity index (χ3v) is 11.3. The van der Waals surface area contributed by atoms with E-state index in [1.54, 1.807) is 6.20 Å². The number of methoxy groups -OCH3 is 1. The van der Waals surface area contributed by atoms with Crippen molar-refractivity contribution in [2.45, 2.75) is 109 Å². The monoisotopic (exact) mass is 467 g/mol. The highest BCUT2D eigenvalue weighted by Crippen LogP contribution is 2.66. The van der Waals surface area contributed by atoms with Crippen molar-refractivity contribution in [1.82, 2.24) is 9.78 Å². The molecule has 188 valence electrons. The molecule has 1 heterocycles. The molecular formula is C29H45N3O2. The van der Waals surface area contributed by atoms with Gasteiger partial charge in [-0.3, -0.25) is 4.68 Å². The van der Waals surface area contributed by atoms with Crippen LogP contribution in [0, 0.1) is 52.3 Å². The predicted molar refractivity (Wildman–Crippen MR) is 133 cm³/mol. The summed E-state index contributed by atoms with van der Waals surface area (Å²) in [5.41, 5.74) is 0.252.